The molecule has 1 aromatic heterocycles. The Balaban J connectivity index is 2.74. The average molecular weight is 158 g/mol. The van der Waals surface area contributed by atoms with E-state index in [4.69, 9.17) is 11.0 Å². The standard InChI is InChI=1S/C8H6N4/c9-6-2-1-3-7-4-5-8(10)12-11-7/h4-5H,2H2,(H2,10,12). The lowest BCUT2D eigenvalue weighted by atomic mass is 10.3. The van der Waals surface area contributed by atoms with Crippen molar-refractivity contribution in [2.24, 2.45) is 0 Å². The number of nitrogen functional groups attached to an aromatic ring is 1. The van der Waals surface area contributed by atoms with E-state index in [-0.39, 0.29) is 6.42 Å². The topological polar surface area (TPSA) is 75.6 Å². The van der Waals surface area contributed by atoms with E-state index in [0.29, 0.717) is 11.5 Å². The molecule has 12 heavy (non-hydrogen) atoms. The van der Waals surface area contributed by atoms with Crippen LogP contribution in [0.1, 0.15) is 12.1 Å². The summed E-state index contributed by atoms with van der Waals surface area (Å²) in [6, 6.07) is 5.18. The van der Waals surface area contributed by atoms with Crippen LogP contribution >= 0.6 is 0 Å². The molecule has 0 radical (unpaired) electrons. The van der Waals surface area contributed by atoms with Gasteiger partial charge in [-0.3, -0.25) is 0 Å². The van der Waals surface area contributed by atoms with Gasteiger partial charge in [-0.25, -0.2) is 0 Å². The number of nitrogens with two attached hydrogens (primary N) is 1. The molecule has 0 fully saturated rings. The van der Waals surface area contributed by atoms with Gasteiger partial charge in [0.15, 0.2) is 0 Å². The number of rotatable bonds is 0. The van der Waals surface area contributed by atoms with Crippen LogP contribution in [0.4, 0.5) is 5.82 Å². The second kappa shape index (κ2) is 3.95. The molecule has 0 saturated carbocycles. The number of nitrogens with zero attached hydrogens (tertiary/aromatic N) is 3. The lowest BCUT2D eigenvalue weighted by molar-refractivity contribution is 1.02. The molecular formula is C8H6N4. The van der Waals surface area contributed by atoms with Gasteiger partial charge < -0.3 is 5.73 Å². The Hall–Kier alpha value is -2.07. The highest BCUT2D eigenvalue weighted by Gasteiger charge is 1.87. The van der Waals surface area contributed by atoms with Crippen LogP contribution in [0.15, 0.2) is 12.1 Å². The zero-order valence-corrected chi connectivity index (χ0v) is 6.28. The highest BCUT2D eigenvalue weighted by atomic mass is 15.1. The van der Waals surface area contributed by atoms with Gasteiger partial charge in [0.25, 0.3) is 0 Å². The zero-order valence-electron chi connectivity index (χ0n) is 6.28. The maximum atomic E-state index is 8.18. The van der Waals surface area contributed by atoms with Crippen LogP contribution in [0, 0.1) is 23.2 Å². The Kier molecular flexibility index (Phi) is 2.64. The summed E-state index contributed by atoms with van der Waals surface area (Å²) < 4.78 is 0. The van der Waals surface area contributed by atoms with Gasteiger partial charge in [0, 0.05) is 0 Å². The fourth-order valence-electron chi connectivity index (χ4n) is 0.584. The molecule has 1 heterocycles. The van der Waals surface area contributed by atoms with Crippen LogP contribution in [0.25, 0.3) is 0 Å². The zero-order chi connectivity index (χ0) is 8.81. The first kappa shape index (κ1) is 8.03. The van der Waals surface area contributed by atoms with Crippen molar-refractivity contribution in [3.63, 3.8) is 0 Å². The molecule has 0 aliphatic rings. The summed E-state index contributed by atoms with van der Waals surface area (Å²) in [4.78, 5) is 0. The highest BCUT2D eigenvalue weighted by Crippen LogP contribution is 1.94. The molecule has 0 aliphatic carbocycles. The minimum atomic E-state index is 0.200. The number of aromatic nitrogens is 2. The lowest BCUT2D eigenvalue weighted by Gasteiger charge is -1.88. The highest BCUT2D eigenvalue weighted by molar-refractivity contribution is 5.33. The third-order valence-corrected chi connectivity index (χ3v) is 1.07. The van der Waals surface area contributed by atoms with Crippen molar-refractivity contribution in [1.82, 2.24) is 10.2 Å². The summed E-state index contributed by atoms with van der Waals surface area (Å²) in [6.07, 6.45) is 0.200. The molecule has 0 bridgehead atoms. The van der Waals surface area contributed by atoms with Crippen molar-refractivity contribution in [1.29, 1.82) is 5.26 Å². The molecule has 0 spiro atoms. The van der Waals surface area contributed by atoms with E-state index in [1.165, 1.54) is 0 Å². The Morgan fingerprint density at radius 3 is 2.83 bits per heavy atom. The van der Waals surface area contributed by atoms with E-state index >= 15 is 0 Å². The predicted octanol–water partition coefficient (Wildman–Crippen LogP) is 0.324. The summed E-state index contributed by atoms with van der Waals surface area (Å²) in [5.74, 6) is 5.65. The molecule has 4 heteroatoms. The molecule has 0 amide bonds. The van der Waals surface area contributed by atoms with Gasteiger partial charge in [0.1, 0.15) is 11.5 Å². The molecular weight excluding hydrogens is 152 g/mol. The molecule has 0 aliphatic heterocycles. The summed E-state index contributed by atoms with van der Waals surface area (Å²) in [6.45, 7) is 0. The maximum absolute atomic E-state index is 8.18. The summed E-state index contributed by atoms with van der Waals surface area (Å²) >= 11 is 0. The van der Waals surface area contributed by atoms with E-state index in [9.17, 15) is 0 Å². The van der Waals surface area contributed by atoms with Crippen LogP contribution in [0.5, 0.6) is 0 Å². The van der Waals surface area contributed by atoms with Gasteiger partial charge in [0.05, 0.1) is 12.5 Å². The van der Waals surface area contributed by atoms with Crippen LogP contribution in [0.2, 0.25) is 0 Å². The minimum Gasteiger partial charge on any atom is -0.382 e. The average Bonchev–Trinajstić information content (AvgIpc) is 2.09. The van der Waals surface area contributed by atoms with Crippen molar-refractivity contribution < 1.29 is 0 Å². The van der Waals surface area contributed by atoms with Crippen molar-refractivity contribution in [2.45, 2.75) is 6.42 Å². The molecule has 1 aromatic rings. The summed E-state index contributed by atoms with van der Waals surface area (Å²) in [5.41, 5.74) is 5.83. The number of anilines is 1. The second-order valence-electron chi connectivity index (χ2n) is 1.98. The Labute approximate surface area is 70.0 Å². The van der Waals surface area contributed by atoms with Crippen LogP contribution in [0.3, 0.4) is 0 Å². The SMILES string of the molecule is N#CCC#Cc1ccc(N)nn1. The maximum Gasteiger partial charge on any atom is 0.146 e. The molecule has 0 aromatic carbocycles. The van der Waals surface area contributed by atoms with E-state index in [2.05, 4.69) is 22.0 Å². The molecule has 1 rings (SSSR count). The first-order chi connectivity index (χ1) is 5.83. The smallest absolute Gasteiger partial charge is 0.146 e. The first-order valence-electron chi connectivity index (χ1n) is 3.28. The van der Waals surface area contributed by atoms with Crippen LogP contribution < -0.4 is 5.73 Å². The fourth-order valence-corrected chi connectivity index (χ4v) is 0.584. The third-order valence-electron chi connectivity index (χ3n) is 1.07. The molecule has 0 unspecified atom stereocenters. The number of hydrogen-bond acceptors (Lipinski definition) is 4. The van der Waals surface area contributed by atoms with Gasteiger partial charge in [0.2, 0.25) is 0 Å². The summed E-state index contributed by atoms with van der Waals surface area (Å²) in [5, 5.41) is 15.5. The molecule has 0 saturated heterocycles. The summed E-state index contributed by atoms with van der Waals surface area (Å²) in [7, 11) is 0. The third kappa shape index (κ3) is 2.28. The van der Waals surface area contributed by atoms with Gasteiger partial charge in [-0.05, 0) is 18.1 Å². The largest absolute Gasteiger partial charge is 0.382 e. The molecule has 2 N–H and O–H groups in total. The van der Waals surface area contributed by atoms with E-state index in [1.54, 1.807) is 12.1 Å². The van der Waals surface area contributed by atoms with Crippen molar-refractivity contribution in [3.8, 4) is 17.9 Å². The van der Waals surface area contributed by atoms with Crippen molar-refractivity contribution >= 4 is 5.82 Å². The van der Waals surface area contributed by atoms with Gasteiger partial charge in [-0.15, -0.1) is 10.2 Å². The minimum absolute atomic E-state index is 0.200. The van der Waals surface area contributed by atoms with E-state index < -0.39 is 0 Å². The molecule has 0 atom stereocenters. The van der Waals surface area contributed by atoms with Crippen LogP contribution in [-0.2, 0) is 0 Å². The molecule has 4 nitrogen and oxygen atoms in total. The Morgan fingerprint density at radius 2 is 2.25 bits per heavy atom. The second-order valence-corrected chi connectivity index (χ2v) is 1.98. The van der Waals surface area contributed by atoms with Gasteiger partial charge >= 0.3 is 0 Å². The molecule has 58 valence electrons. The van der Waals surface area contributed by atoms with Gasteiger partial charge in [-0.2, -0.15) is 5.26 Å². The lowest BCUT2D eigenvalue weighted by Crippen LogP contribution is -1.93. The monoisotopic (exact) mass is 158 g/mol. The normalized spacial score (nSPS) is 7.92. The number of nitriles is 1. The fraction of sp³-hybridized carbons (Fsp3) is 0.125. The van der Waals surface area contributed by atoms with E-state index in [1.807, 2.05) is 6.07 Å². The van der Waals surface area contributed by atoms with Crippen LogP contribution in [-0.4, -0.2) is 10.2 Å². The van der Waals surface area contributed by atoms with Crippen molar-refractivity contribution in [3.05, 3.63) is 17.8 Å². The Bertz CT molecular complexity index is 349. The predicted molar refractivity (Wildman–Crippen MR) is 43.6 cm³/mol. The quantitative estimate of drug-likeness (QED) is 0.552. The van der Waals surface area contributed by atoms with Crippen molar-refractivity contribution in [2.75, 3.05) is 5.73 Å². The first-order valence-corrected chi connectivity index (χ1v) is 3.28. The Morgan fingerprint density at radius 1 is 1.42 bits per heavy atom. The van der Waals surface area contributed by atoms with E-state index in [0.717, 1.165) is 0 Å². The number of hydrogen-bond donors (Lipinski definition) is 1. The van der Waals surface area contributed by atoms with Gasteiger partial charge in [-0.1, -0.05) is 5.92 Å².